The highest BCUT2D eigenvalue weighted by Crippen LogP contribution is 2.41. The van der Waals surface area contributed by atoms with E-state index in [1.807, 2.05) is 6.92 Å². The summed E-state index contributed by atoms with van der Waals surface area (Å²) in [6.07, 6.45) is 3.06. The van der Waals surface area contributed by atoms with Crippen LogP contribution in [0.4, 0.5) is 0 Å². The second-order valence-corrected chi connectivity index (χ2v) is 6.12. The van der Waals surface area contributed by atoms with Crippen LogP contribution in [0.1, 0.15) is 47.0 Å². The predicted molar refractivity (Wildman–Crippen MR) is 69.7 cm³/mol. The van der Waals surface area contributed by atoms with Gasteiger partial charge in [-0.3, -0.25) is 4.79 Å². The minimum absolute atomic E-state index is 0.0180. The number of ether oxygens (including phenoxy) is 1. The van der Waals surface area contributed by atoms with Crippen LogP contribution in [0.5, 0.6) is 0 Å². The van der Waals surface area contributed by atoms with Crippen LogP contribution in [0, 0.1) is 17.3 Å². The molecule has 0 aliphatic heterocycles. The summed E-state index contributed by atoms with van der Waals surface area (Å²) in [7, 11) is 0. The molecule has 0 aromatic rings. The monoisotopic (exact) mass is 261 g/mol. The zero-order valence-corrected chi connectivity index (χ0v) is 12.0. The van der Waals surface area contributed by atoms with Crippen molar-refractivity contribution in [2.45, 2.75) is 53.0 Å². The highest BCUT2D eigenvalue weighted by molar-refractivity contribution is 6.13. The molecule has 0 aromatic heterocycles. The van der Waals surface area contributed by atoms with Crippen molar-refractivity contribution in [1.29, 1.82) is 0 Å². The number of hydrogen-bond donors (Lipinski definition) is 1. The fraction of sp³-hybridized carbons (Fsp3) is 0.923. The van der Waals surface area contributed by atoms with Crippen LogP contribution in [-0.2, 0) is 9.53 Å². The summed E-state index contributed by atoms with van der Waals surface area (Å²) in [6.45, 7) is 8.88. The predicted octanol–water partition coefficient (Wildman–Crippen LogP) is 3.12. The van der Waals surface area contributed by atoms with Crippen molar-refractivity contribution in [1.82, 2.24) is 4.84 Å². The first-order chi connectivity index (χ1) is 7.91. The van der Waals surface area contributed by atoms with E-state index in [1.54, 1.807) is 0 Å². The zero-order valence-electron chi connectivity index (χ0n) is 11.3. The quantitative estimate of drug-likeness (QED) is 0.627. The molecule has 1 aliphatic rings. The van der Waals surface area contributed by atoms with Gasteiger partial charge >= 0.3 is 5.97 Å². The Labute approximate surface area is 109 Å². The van der Waals surface area contributed by atoms with Crippen LogP contribution >= 0.6 is 11.8 Å². The largest absolute Gasteiger partial charge is 0.466 e. The number of esters is 1. The van der Waals surface area contributed by atoms with Gasteiger partial charge in [0, 0.05) is 6.04 Å². The van der Waals surface area contributed by atoms with Gasteiger partial charge in [-0.05, 0) is 42.9 Å². The van der Waals surface area contributed by atoms with Crippen molar-refractivity contribution in [3.05, 3.63) is 0 Å². The van der Waals surface area contributed by atoms with Crippen molar-refractivity contribution in [2.24, 2.45) is 17.3 Å². The van der Waals surface area contributed by atoms with E-state index in [4.69, 9.17) is 16.5 Å². The molecule has 3 atom stereocenters. The Morgan fingerprint density at radius 3 is 2.53 bits per heavy atom. The lowest BCUT2D eigenvalue weighted by Crippen LogP contribution is -2.49. The molecule has 0 bridgehead atoms. The molecule has 17 heavy (non-hydrogen) atoms. The molecule has 1 N–H and O–H groups in total. The summed E-state index contributed by atoms with van der Waals surface area (Å²) in [4.78, 5) is 14.7. The highest BCUT2D eigenvalue weighted by atomic mass is 35.5. The summed E-state index contributed by atoms with van der Waals surface area (Å²) in [5.41, 5.74) is 0.151. The summed E-state index contributed by atoms with van der Waals surface area (Å²) in [5, 5.41) is 0. The van der Waals surface area contributed by atoms with Gasteiger partial charge in [-0.2, -0.15) is 0 Å². The SMILES string of the molecule is CCOC(=O)[C@H]1CCC[C@H](C(C)(C)C)[C@H]1NCl. The lowest BCUT2D eigenvalue weighted by atomic mass is 9.66. The van der Waals surface area contributed by atoms with Gasteiger partial charge in [-0.1, -0.05) is 27.2 Å². The van der Waals surface area contributed by atoms with Crippen LogP contribution in [0.2, 0.25) is 0 Å². The van der Waals surface area contributed by atoms with E-state index < -0.39 is 0 Å². The Balaban J connectivity index is 2.81. The van der Waals surface area contributed by atoms with Crippen LogP contribution in [0.3, 0.4) is 0 Å². The van der Waals surface area contributed by atoms with E-state index in [0.717, 1.165) is 19.3 Å². The normalized spacial score (nSPS) is 30.1. The van der Waals surface area contributed by atoms with Crippen LogP contribution < -0.4 is 4.84 Å². The van der Waals surface area contributed by atoms with Crippen LogP contribution in [-0.4, -0.2) is 18.6 Å². The smallest absolute Gasteiger partial charge is 0.310 e. The van der Waals surface area contributed by atoms with Crippen molar-refractivity contribution < 1.29 is 9.53 Å². The minimum Gasteiger partial charge on any atom is -0.466 e. The van der Waals surface area contributed by atoms with Gasteiger partial charge in [-0.25, -0.2) is 4.84 Å². The molecule has 100 valence electrons. The first-order valence-corrected chi connectivity index (χ1v) is 6.82. The number of hydrogen-bond acceptors (Lipinski definition) is 3. The Kier molecular flexibility index (Phi) is 5.26. The fourth-order valence-corrected chi connectivity index (χ4v) is 3.14. The number of nitrogens with one attached hydrogen (secondary N) is 1. The van der Waals surface area contributed by atoms with Crippen molar-refractivity contribution >= 4 is 17.7 Å². The van der Waals surface area contributed by atoms with E-state index in [-0.39, 0.29) is 23.3 Å². The average molecular weight is 262 g/mol. The standard InChI is InChI=1S/C13H24ClNO2/c1-5-17-12(16)9-7-6-8-10(11(9)15-14)13(2,3)4/h9-11,15H,5-8H2,1-4H3/t9-,10-,11-/m0/s1. The molecular formula is C13H24ClNO2. The molecule has 0 aromatic carbocycles. The van der Waals surface area contributed by atoms with Crippen molar-refractivity contribution in [3.63, 3.8) is 0 Å². The van der Waals surface area contributed by atoms with Gasteiger partial charge in [0.1, 0.15) is 0 Å². The lowest BCUT2D eigenvalue weighted by Gasteiger charge is -2.42. The molecule has 4 heteroatoms. The molecule has 0 unspecified atom stereocenters. The highest BCUT2D eigenvalue weighted by Gasteiger charge is 2.42. The summed E-state index contributed by atoms with van der Waals surface area (Å²) < 4.78 is 5.14. The Morgan fingerprint density at radius 1 is 1.41 bits per heavy atom. The van der Waals surface area contributed by atoms with Gasteiger partial charge in [0.25, 0.3) is 0 Å². The number of carbonyl (C=O) groups excluding carboxylic acids is 1. The summed E-state index contributed by atoms with van der Waals surface area (Å²) in [6, 6.07) is 0.0180. The zero-order chi connectivity index (χ0) is 13.1. The number of halogens is 1. The number of rotatable bonds is 3. The first-order valence-electron chi connectivity index (χ1n) is 6.44. The van der Waals surface area contributed by atoms with Gasteiger partial charge in [0.15, 0.2) is 0 Å². The van der Waals surface area contributed by atoms with Gasteiger partial charge in [-0.15, -0.1) is 0 Å². The summed E-state index contributed by atoms with van der Waals surface area (Å²) >= 11 is 5.86. The van der Waals surface area contributed by atoms with E-state index in [2.05, 4.69) is 25.6 Å². The minimum atomic E-state index is -0.111. The molecule has 0 amide bonds. The maximum Gasteiger partial charge on any atom is 0.310 e. The molecule has 1 aliphatic carbocycles. The molecule has 0 spiro atoms. The third kappa shape index (κ3) is 3.59. The van der Waals surface area contributed by atoms with Gasteiger partial charge in [0.05, 0.1) is 12.5 Å². The van der Waals surface area contributed by atoms with Crippen LogP contribution in [0.25, 0.3) is 0 Å². The van der Waals surface area contributed by atoms with Crippen LogP contribution in [0.15, 0.2) is 0 Å². The summed E-state index contributed by atoms with van der Waals surface area (Å²) in [5.74, 6) is 0.188. The van der Waals surface area contributed by atoms with E-state index in [0.29, 0.717) is 12.5 Å². The lowest BCUT2D eigenvalue weighted by molar-refractivity contribution is -0.151. The molecule has 1 rings (SSSR count). The maximum absolute atomic E-state index is 11.9. The molecule has 0 saturated heterocycles. The molecule has 3 nitrogen and oxygen atoms in total. The topological polar surface area (TPSA) is 38.3 Å². The van der Waals surface area contributed by atoms with Crippen molar-refractivity contribution in [2.75, 3.05) is 6.61 Å². The van der Waals surface area contributed by atoms with E-state index in [1.165, 1.54) is 0 Å². The van der Waals surface area contributed by atoms with Gasteiger partial charge in [0.2, 0.25) is 0 Å². The molecule has 1 saturated carbocycles. The maximum atomic E-state index is 11.9. The molecule has 1 fully saturated rings. The Bertz CT molecular complexity index is 263. The second kappa shape index (κ2) is 6.05. The third-order valence-corrected chi connectivity index (χ3v) is 3.98. The molecule has 0 heterocycles. The van der Waals surface area contributed by atoms with Gasteiger partial charge < -0.3 is 4.74 Å². The second-order valence-electron chi connectivity index (χ2n) is 5.90. The Hall–Kier alpha value is -0.280. The van der Waals surface area contributed by atoms with E-state index in [9.17, 15) is 4.79 Å². The first kappa shape index (κ1) is 14.8. The van der Waals surface area contributed by atoms with Crippen molar-refractivity contribution in [3.8, 4) is 0 Å². The molecule has 0 radical (unpaired) electrons. The fourth-order valence-electron chi connectivity index (χ4n) is 2.83. The third-order valence-electron chi connectivity index (χ3n) is 3.72. The Morgan fingerprint density at radius 2 is 2.06 bits per heavy atom. The average Bonchev–Trinajstić information content (AvgIpc) is 2.27. The van der Waals surface area contributed by atoms with E-state index >= 15 is 0 Å². The molecular weight excluding hydrogens is 238 g/mol. The number of carbonyl (C=O) groups is 1.